The number of amides is 2. The molecule has 0 aliphatic rings. The minimum atomic E-state index is -0.296. The Hall–Kier alpha value is -2.82. The van der Waals surface area contributed by atoms with E-state index < -0.39 is 0 Å². The molecule has 2 rings (SSSR count). The molecule has 0 fully saturated rings. The van der Waals surface area contributed by atoms with Crippen molar-refractivity contribution < 1.29 is 14.3 Å². The summed E-state index contributed by atoms with van der Waals surface area (Å²) >= 11 is 0. The summed E-state index contributed by atoms with van der Waals surface area (Å²) < 4.78 is 5.04. The summed E-state index contributed by atoms with van der Waals surface area (Å²) in [6.45, 7) is 3.86. The molecule has 5 heteroatoms. The van der Waals surface area contributed by atoms with Gasteiger partial charge in [-0.05, 0) is 43.7 Å². The lowest BCUT2D eigenvalue weighted by Gasteiger charge is -2.15. The molecule has 0 heterocycles. The van der Waals surface area contributed by atoms with Crippen LogP contribution in [0.15, 0.2) is 48.5 Å². The van der Waals surface area contributed by atoms with Gasteiger partial charge in [0.15, 0.2) is 0 Å². The summed E-state index contributed by atoms with van der Waals surface area (Å²) in [6.07, 6.45) is 0. The van der Waals surface area contributed by atoms with Gasteiger partial charge in [-0.25, -0.2) is 0 Å². The normalized spacial score (nSPS) is 11.5. The second-order valence-corrected chi connectivity index (χ2v) is 5.61. The van der Waals surface area contributed by atoms with Gasteiger partial charge in [-0.2, -0.15) is 0 Å². The van der Waals surface area contributed by atoms with Gasteiger partial charge in [-0.1, -0.05) is 29.8 Å². The predicted molar refractivity (Wildman–Crippen MR) is 93.1 cm³/mol. The number of hydrogen-bond acceptors (Lipinski definition) is 3. The maximum atomic E-state index is 12.0. The zero-order valence-electron chi connectivity index (χ0n) is 14.1. The van der Waals surface area contributed by atoms with Crippen molar-refractivity contribution in [3.63, 3.8) is 0 Å². The van der Waals surface area contributed by atoms with Crippen molar-refractivity contribution in [2.45, 2.75) is 19.9 Å². The molecule has 0 radical (unpaired) electrons. The molecule has 2 amide bonds. The van der Waals surface area contributed by atoms with E-state index >= 15 is 0 Å². The lowest BCUT2D eigenvalue weighted by Crippen LogP contribution is -2.38. The lowest BCUT2D eigenvalue weighted by molar-refractivity contribution is -0.120. The molecule has 0 spiro atoms. The SMILES string of the molecule is COc1ccc(C(=O)NCC(=O)NC(C)c2ccc(C)cc2)cc1. The van der Waals surface area contributed by atoms with Crippen molar-refractivity contribution in [1.29, 1.82) is 0 Å². The molecule has 126 valence electrons. The highest BCUT2D eigenvalue weighted by Gasteiger charge is 2.11. The highest BCUT2D eigenvalue weighted by Crippen LogP contribution is 2.13. The minimum Gasteiger partial charge on any atom is -0.497 e. The number of aryl methyl sites for hydroxylation is 1. The molecule has 0 saturated carbocycles. The van der Waals surface area contributed by atoms with Gasteiger partial charge in [0.1, 0.15) is 5.75 Å². The van der Waals surface area contributed by atoms with Crippen LogP contribution in [0.2, 0.25) is 0 Å². The zero-order chi connectivity index (χ0) is 17.5. The first-order chi connectivity index (χ1) is 11.5. The summed E-state index contributed by atoms with van der Waals surface area (Å²) in [5.41, 5.74) is 2.68. The van der Waals surface area contributed by atoms with Gasteiger partial charge in [-0.15, -0.1) is 0 Å². The van der Waals surface area contributed by atoms with E-state index in [0.717, 1.165) is 5.56 Å². The molecule has 24 heavy (non-hydrogen) atoms. The molecule has 1 atom stereocenters. The van der Waals surface area contributed by atoms with Crippen LogP contribution in [0.3, 0.4) is 0 Å². The second-order valence-electron chi connectivity index (χ2n) is 5.61. The summed E-state index contributed by atoms with van der Waals surface area (Å²) in [5.74, 6) is 0.150. The Bertz CT molecular complexity index is 694. The largest absolute Gasteiger partial charge is 0.497 e. The van der Waals surface area contributed by atoms with E-state index in [0.29, 0.717) is 11.3 Å². The fourth-order valence-corrected chi connectivity index (χ4v) is 2.24. The smallest absolute Gasteiger partial charge is 0.251 e. The summed E-state index contributed by atoms with van der Waals surface area (Å²) in [5, 5.41) is 5.48. The summed E-state index contributed by atoms with van der Waals surface area (Å²) in [6, 6.07) is 14.6. The van der Waals surface area contributed by atoms with Gasteiger partial charge >= 0.3 is 0 Å². The molecule has 1 unspecified atom stereocenters. The number of hydrogen-bond donors (Lipinski definition) is 2. The molecular weight excluding hydrogens is 304 g/mol. The van der Waals surface area contributed by atoms with E-state index in [1.807, 2.05) is 38.1 Å². The van der Waals surface area contributed by atoms with Crippen LogP contribution in [-0.2, 0) is 4.79 Å². The Balaban J connectivity index is 1.83. The van der Waals surface area contributed by atoms with Crippen LogP contribution in [0.1, 0.15) is 34.5 Å². The van der Waals surface area contributed by atoms with Gasteiger partial charge in [0.05, 0.1) is 19.7 Å². The van der Waals surface area contributed by atoms with E-state index in [1.54, 1.807) is 31.4 Å². The van der Waals surface area contributed by atoms with Crippen molar-refractivity contribution in [1.82, 2.24) is 10.6 Å². The molecular formula is C19H22N2O3. The topological polar surface area (TPSA) is 67.4 Å². The molecule has 5 nitrogen and oxygen atoms in total. The first-order valence-corrected chi connectivity index (χ1v) is 7.78. The van der Waals surface area contributed by atoms with Crippen molar-refractivity contribution >= 4 is 11.8 Å². The highest BCUT2D eigenvalue weighted by atomic mass is 16.5. The van der Waals surface area contributed by atoms with Gasteiger partial charge in [0.25, 0.3) is 5.91 Å². The quantitative estimate of drug-likeness (QED) is 0.857. The lowest BCUT2D eigenvalue weighted by atomic mass is 10.1. The number of nitrogens with one attached hydrogen (secondary N) is 2. The van der Waals surface area contributed by atoms with E-state index in [2.05, 4.69) is 10.6 Å². The maximum Gasteiger partial charge on any atom is 0.251 e. The average Bonchev–Trinajstić information content (AvgIpc) is 2.60. The first-order valence-electron chi connectivity index (χ1n) is 7.78. The fourth-order valence-electron chi connectivity index (χ4n) is 2.24. The van der Waals surface area contributed by atoms with Gasteiger partial charge < -0.3 is 15.4 Å². The van der Waals surface area contributed by atoms with Crippen molar-refractivity contribution in [2.24, 2.45) is 0 Å². The van der Waals surface area contributed by atoms with Crippen LogP contribution in [0, 0.1) is 6.92 Å². The number of carbonyl (C=O) groups is 2. The number of rotatable bonds is 6. The van der Waals surface area contributed by atoms with E-state index in [4.69, 9.17) is 4.74 Å². The molecule has 2 N–H and O–H groups in total. The van der Waals surface area contributed by atoms with Crippen LogP contribution in [0.4, 0.5) is 0 Å². The molecule has 0 bridgehead atoms. The van der Waals surface area contributed by atoms with Crippen LogP contribution in [0.25, 0.3) is 0 Å². The number of ether oxygens (including phenoxy) is 1. The van der Waals surface area contributed by atoms with Crippen molar-refractivity contribution in [2.75, 3.05) is 13.7 Å². The summed E-state index contributed by atoms with van der Waals surface area (Å²) in [7, 11) is 1.56. The van der Waals surface area contributed by atoms with E-state index in [1.165, 1.54) is 5.56 Å². The molecule has 0 saturated heterocycles. The third kappa shape index (κ3) is 4.84. The van der Waals surface area contributed by atoms with Crippen LogP contribution in [-0.4, -0.2) is 25.5 Å². The van der Waals surface area contributed by atoms with Gasteiger partial charge in [0.2, 0.25) is 5.91 Å². The van der Waals surface area contributed by atoms with Crippen LogP contribution in [0.5, 0.6) is 5.75 Å². The fraction of sp³-hybridized carbons (Fsp3) is 0.263. The van der Waals surface area contributed by atoms with Crippen molar-refractivity contribution in [3.05, 3.63) is 65.2 Å². The Kier molecular flexibility index (Phi) is 5.95. The van der Waals surface area contributed by atoms with Crippen LogP contribution < -0.4 is 15.4 Å². The third-order valence-corrected chi connectivity index (χ3v) is 3.72. The third-order valence-electron chi connectivity index (χ3n) is 3.72. The average molecular weight is 326 g/mol. The molecule has 0 aliphatic heterocycles. The Morgan fingerprint density at radius 2 is 1.67 bits per heavy atom. The number of carbonyl (C=O) groups excluding carboxylic acids is 2. The predicted octanol–water partition coefficient (Wildman–Crippen LogP) is 2.61. The second kappa shape index (κ2) is 8.15. The van der Waals surface area contributed by atoms with Crippen molar-refractivity contribution in [3.8, 4) is 5.75 Å². The van der Waals surface area contributed by atoms with E-state index in [9.17, 15) is 9.59 Å². The Morgan fingerprint density at radius 3 is 2.25 bits per heavy atom. The minimum absolute atomic E-state index is 0.0684. The van der Waals surface area contributed by atoms with Crippen LogP contribution >= 0.6 is 0 Å². The zero-order valence-corrected chi connectivity index (χ0v) is 14.1. The Morgan fingerprint density at radius 1 is 1.04 bits per heavy atom. The highest BCUT2D eigenvalue weighted by molar-refractivity contribution is 5.96. The van der Waals surface area contributed by atoms with Gasteiger partial charge in [0, 0.05) is 5.56 Å². The Labute approximate surface area is 142 Å². The number of methoxy groups -OCH3 is 1. The number of benzene rings is 2. The standard InChI is InChI=1S/C19H22N2O3/c1-13-4-6-15(7-5-13)14(2)21-18(22)12-20-19(23)16-8-10-17(24-3)11-9-16/h4-11,14H,12H2,1-3H3,(H,20,23)(H,21,22). The maximum absolute atomic E-state index is 12.0. The van der Waals surface area contributed by atoms with Gasteiger partial charge in [-0.3, -0.25) is 9.59 Å². The molecule has 2 aromatic carbocycles. The first kappa shape index (κ1) is 17.5. The molecule has 0 aliphatic carbocycles. The summed E-state index contributed by atoms with van der Waals surface area (Å²) in [4.78, 5) is 24.0. The molecule has 0 aromatic heterocycles. The van der Waals surface area contributed by atoms with E-state index in [-0.39, 0.29) is 24.4 Å². The molecule has 2 aromatic rings. The monoisotopic (exact) mass is 326 g/mol.